The summed E-state index contributed by atoms with van der Waals surface area (Å²) >= 11 is 0. The van der Waals surface area contributed by atoms with Crippen LogP contribution >= 0.6 is 0 Å². The van der Waals surface area contributed by atoms with Gasteiger partial charge in [0.25, 0.3) is 0 Å². The molecule has 0 aromatic rings. The van der Waals surface area contributed by atoms with Crippen molar-refractivity contribution >= 4 is 11.9 Å². The van der Waals surface area contributed by atoms with Crippen LogP contribution in [0.1, 0.15) is 104 Å². The summed E-state index contributed by atoms with van der Waals surface area (Å²) in [6, 6.07) is 0. The molecule has 3 N–H and O–H groups in total. The van der Waals surface area contributed by atoms with Gasteiger partial charge in [0.2, 0.25) is 5.91 Å². The lowest BCUT2D eigenvalue weighted by atomic mass is 9.73. The van der Waals surface area contributed by atoms with E-state index < -0.39 is 23.2 Å². The Morgan fingerprint density at radius 3 is 1.58 bits per heavy atom. The topological polar surface area (TPSA) is 80.4 Å². The quantitative estimate of drug-likeness (QED) is 0.374. The fourth-order valence-electron chi connectivity index (χ4n) is 3.16. The van der Waals surface area contributed by atoms with E-state index in [0.717, 1.165) is 19.3 Å². The van der Waals surface area contributed by atoms with Crippen LogP contribution < -0.4 is 5.73 Å². The van der Waals surface area contributed by atoms with Crippen LogP contribution in [0.3, 0.4) is 0 Å². The van der Waals surface area contributed by atoms with Gasteiger partial charge in [-0.15, -0.1) is 0 Å². The zero-order chi connectivity index (χ0) is 18.4. The summed E-state index contributed by atoms with van der Waals surface area (Å²) in [7, 11) is 0. The molecule has 0 aliphatic heterocycles. The predicted molar refractivity (Wildman–Crippen MR) is 99.8 cm³/mol. The lowest BCUT2D eigenvalue weighted by Crippen LogP contribution is -2.43. The van der Waals surface area contributed by atoms with Crippen LogP contribution in [0, 0.1) is 11.3 Å². The predicted octanol–water partition coefficient (Wildman–Crippen LogP) is 5.29. The smallest absolute Gasteiger partial charge is 0.307 e. The normalized spacial score (nSPS) is 15.0. The molecule has 0 heterocycles. The van der Waals surface area contributed by atoms with Gasteiger partial charge in [-0.25, -0.2) is 0 Å². The largest absolute Gasteiger partial charge is 0.481 e. The first-order valence-corrected chi connectivity index (χ1v) is 9.89. The lowest BCUT2D eigenvalue weighted by Gasteiger charge is -2.29. The van der Waals surface area contributed by atoms with Crippen molar-refractivity contribution in [1.29, 1.82) is 0 Å². The highest BCUT2D eigenvalue weighted by Gasteiger charge is 2.40. The third-order valence-corrected chi connectivity index (χ3v) is 5.44. The van der Waals surface area contributed by atoms with Crippen LogP contribution in [0.15, 0.2) is 0 Å². The van der Waals surface area contributed by atoms with E-state index >= 15 is 0 Å². The molecular formula is C20H39NO3. The molecule has 2 atom stereocenters. The maximum atomic E-state index is 11.7. The Balaban J connectivity index is 3.70. The van der Waals surface area contributed by atoms with Crippen LogP contribution in [0.2, 0.25) is 0 Å². The highest BCUT2D eigenvalue weighted by molar-refractivity contribution is 5.86. The lowest BCUT2D eigenvalue weighted by molar-refractivity contribution is -0.150. The molecule has 2 unspecified atom stereocenters. The molecular weight excluding hydrogens is 302 g/mol. The van der Waals surface area contributed by atoms with E-state index in [0.29, 0.717) is 6.42 Å². The molecule has 0 fully saturated rings. The van der Waals surface area contributed by atoms with Gasteiger partial charge in [-0.2, -0.15) is 0 Å². The summed E-state index contributed by atoms with van der Waals surface area (Å²) in [6.45, 7) is 5.51. The van der Waals surface area contributed by atoms with E-state index in [1.807, 2.05) is 0 Å². The minimum absolute atomic E-state index is 0.500. The van der Waals surface area contributed by atoms with E-state index in [4.69, 9.17) is 10.8 Å². The Kier molecular flexibility index (Phi) is 12.7. The Bertz CT molecular complexity index is 357. The van der Waals surface area contributed by atoms with Crippen molar-refractivity contribution < 1.29 is 14.7 Å². The molecule has 0 rings (SSSR count). The number of unbranched alkanes of at least 4 members (excludes halogenated alkanes) is 11. The van der Waals surface area contributed by atoms with Crippen LogP contribution in [0.25, 0.3) is 0 Å². The molecule has 0 aliphatic carbocycles. The average Bonchev–Trinajstić information content (AvgIpc) is 2.54. The maximum Gasteiger partial charge on any atom is 0.307 e. The van der Waals surface area contributed by atoms with E-state index in [1.165, 1.54) is 57.8 Å². The Hall–Kier alpha value is -1.06. The molecule has 0 radical (unpaired) electrons. The SMILES string of the molecule is CCCCCCCCCCCCCCC(C)(C(N)=O)C(C)C(=O)O. The molecule has 0 aliphatic rings. The van der Waals surface area contributed by atoms with Crippen LogP contribution in [-0.2, 0) is 9.59 Å². The first-order valence-electron chi connectivity index (χ1n) is 9.89. The molecule has 4 nitrogen and oxygen atoms in total. The number of primary amides is 1. The van der Waals surface area contributed by atoms with Gasteiger partial charge in [-0.05, 0) is 13.3 Å². The summed E-state index contributed by atoms with van der Waals surface area (Å²) in [5.41, 5.74) is 4.51. The van der Waals surface area contributed by atoms with Crippen LogP contribution in [-0.4, -0.2) is 17.0 Å². The Morgan fingerprint density at radius 2 is 1.25 bits per heavy atom. The summed E-state index contributed by atoms with van der Waals surface area (Å²) in [5, 5.41) is 9.15. The van der Waals surface area contributed by atoms with Crippen molar-refractivity contribution in [3.63, 3.8) is 0 Å². The molecule has 1 amide bonds. The number of amides is 1. The first-order chi connectivity index (χ1) is 11.4. The van der Waals surface area contributed by atoms with Crippen LogP contribution in [0.4, 0.5) is 0 Å². The molecule has 0 aromatic heterocycles. The van der Waals surface area contributed by atoms with E-state index in [2.05, 4.69) is 6.92 Å². The van der Waals surface area contributed by atoms with Crippen molar-refractivity contribution in [1.82, 2.24) is 0 Å². The van der Waals surface area contributed by atoms with Gasteiger partial charge in [0.1, 0.15) is 0 Å². The summed E-state index contributed by atoms with van der Waals surface area (Å²) in [6.07, 6.45) is 15.6. The van der Waals surface area contributed by atoms with Crippen molar-refractivity contribution in [3.05, 3.63) is 0 Å². The van der Waals surface area contributed by atoms with Gasteiger partial charge < -0.3 is 10.8 Å². The minimum atomic E-state index is -0.949. The molecule has 24 heavy (non-hydrogen) atoms. The van der Waals surface area contributed by atoms with Crippen molar-refractivity contribution in [3.8, 4) is 0 Å². The molecule has 0 aromatic carbocycles. The van der Waals surface area contributed by atoms with Gasteiger partial charge in [0.05, 0.1) is 11.3 Å². The van der Waals surface area contributed by atoms with E-state index in [9.17, 15) is 9.59 Å². The van der Waals surface area contributed by atoms with Crippen molar-refractivity contribution in [2.75, 3.05) is 0 Å². The monoisotopic (exact) mass is 341 g/mol. The Labute approximate surface area is 148 Å². The molecule has 0 saturated carbocycles. The summed E-state index contributed by atoms with van der Waals surface area (Å²) < 4.78 is 0. The maximum absolute atomic E-state index is 11.7. The van der Waals surface area contributed by atoms with Crippen molar-refractivity contribution in [2.24, 2.45) is 17.1 Å². The average molecular weight is 342 g/mol. The zero-order valence-electron chi connectivity index (χ0n) is 16.1. The molecule has 142 valence electrons. The fraction of sp³-hybridized carbons (Fsp3) is 0.900. The van der Waals surface area contributed by atoms with E-state index in [-0.39, 0.29) is 0 Å². The van der Waals surface area contributed by atoms with E-state index in [1.54, 1.807) is 13.8 Å². The van der Waals surface area contributed by atoms with Gasteiger partial charge in [-0.1, -0.05) is 90.9 Å². The Morgan fingerprint density at radius 1 is 0.875 bits per heavy atom. The number of carboxylic acid groups (broad SMARTS) is 1. The van der Waals surface area contributed by atoms with Gasteiger partial charge in [0.15, 0.2) is 0 Å². The number of hydrogen-bond acceptors (Lipinski definition) is 2. The molecule has 0 saturated heterocycles. The summed E-state index contributed by atoms with van der Waals surface area (Å²) in [4.78, 5) is 22.8. The number of carbonyl (C=O) groups is 2. The highest BCUT2D eigenvalue weighted by atomic mass is 16.4. The number of rotatable bonds is 16. The van der Waals surface area contributed by atoms with Crippen molar-refractivity contribution in [2.45, 2.75) is 104 Å². The van der Waals surface area contributed by atoms with Gasteiger partial charge in [-0.3, -0.25) is 9.59 Å². The second kappa shape index (κ2) is 13.3. The second-order valence-corrected chi connectivity index (χ2v) is 7.48. The van der Waals surface area contributed by atoms with Gasteiger partial charge >= 0.3 is 5.97 Å². The minimum Gasteiger partial charge on any atom is -0.481 e. The summed E-state index contributed by atoms with van der Waals surface area (Å²) in [5.74, 6) is -2.18. The molecule has 0 spiro atoms. The first kappa shape index (κ1) is 22.9. The number of nitrogens with two attached hydrogens (primary N) is 1. The third-order valence-electron chi connectivity index (χ3n) is 5.44. The number of aliphatic carboxylic acids is 1. The second-order valence-electron chi connectivity index (χ2n) is 7.48. The number of carboxylic acids is 1. The third kappa shape index (κ3) is 9.29. The highest BCUT2D eigenvalue weighted by Crippen LogP contribution is 2.33. The standard InChI is InChI=1S/C20H39NO3/c1-4-5-6-7-8-9-10-11-12-13-14-15-16-20(3,19(21)24)17(2)18(22)23/h17H,4-16H2,1-3H3,(H2,21,24)(H,22,23). The number of carbonyl (C=O) groups excluding carboxylic acids is 1. The van der Waals surface area contributed by atoms with Crippen LogP contribution in [0.5, 0.6) is 0 Å². The molecule has 4 heteroatoms. The van der Waals surface area contributed by atoms with Gasteiger partial charge in [0, 0.05) is 0 Å². The number of hydrogen-bond donors (Lipinski definition) is 2. The zero-order valence-corrected chi connectivity index (χ0v) is 16.1. The fourth-order valence-corrected chi connectivity index (χ4v) is 3.16. The molecule has 0 bridgehead atoms.